The Morgan fingerprint density at radius 3 is 2.48 bits per heavy atom. The average Bonchev–Trinajstić information content (AvgIpc) is 2.72. The maximum absolute atomic E-state index is 12.5. The van der Waals surface area contributed by atoms with Crippen molar-refractivity contribution in [3.63, 3.8) is 0 Å². The summed E-state index contributed by atoms with van der Waals surface area (Å²) in [7, 11) is 0. The van der Waals surface area contributed by atoms with Crippen LogP contribution in [0.2, 0.25) is 0 Å². The Labute approximate surface area is 174 Å². The van der Waals surface area contributed by atoms with Crippen molar-refractivity contribution in [1.82, 2.24) is 9.88 Å². The number of nitriles is 1. The van der Waals surface area contributed by atoms with Crippen molar-refractivity contribution in [2.75, 3.05) is 32.1 Å². The SMILES string of the molecule is CCOC(=O)c1cc(C#N)c(SCC(=O)N2CCC(C(=O)OCC)CC2)nc1C. The lowest BCUT2D eigenvalue weighted by Crippen LogP contribution is -2.41. The van der Waals surface area contributed by atoms with Crippen LogP contribution in [0, 0.1) is 24.2 Å². The minimum Gasteiger partial charge on any atom is -0.466 e. The van der Waals surface area contributed by atoms with E-state index in [2.05, 4.69) is 4.98 Å². The molecule has 0 saturated carbocycles. The molecule has 9 heteroatoms. The molecule has 0 radical (unpaired) electrons. The molecule has 1 aliphatic heterocycles. The van der Waals surface area contributed by atoms with Crippen LogP contribution in [0.25, 0.3) is 0 Å². The van der Waals surface area contributed by atoms with Gasteiger partial charge in [-0.25, -0.2) is 9.78 Å². The second-order valence-electron chi connectivity index (χ2n) is 6.50. The van der Waals surface area contributed by atoms with E-state index in [1.165, 1.54) is 17.8 Å². The predicted octanol–water partition coefficient (Wildman–Crippen LogP) is 2.33. The number of carbonyl (C=O) groups is 3. The van der Waals surface area contributed by atoms with E-state index in [1.807, 2.05) is 6.07 Å². The van der Waals surface area contributed by atoms with E-state index in [9.17, 15) is 19.6 Å². The maximum Gasteiger partial charge on any atom is 0.340 e. The molecule has 1 aromatic rings. The number of hydrogen-bond acceptors (Lipinski definition) is 8. The monoisotopic (exact) mass is 419 g/mol. The first-order valence-electron chi connectivity index (χ1n) is 9.57. The number of hydrogen-bond donors (Lipinski definition) is 0. The van der Waals surface area contributed by atoms with Crippen LogP contribution in [0.3, 0.4) is 0 Å². The van der Waals surface area contributed by atoms with Crippen LogP contribution in [0.1, 0.15) is 48.3 Å². The van der Waals surface area contributed by atoms with E-state index in [0.29, 0.717) is 43.3 Å². The standard InChI is InChI=1S/C20H25N3O5S/c1-4-27-19(25)14-6-8-23(9-7-14)17(24)12-29-18-15(11-21)10-16(13(3)22-18)20(26)28-5-2/h10,14H,4-9,12H2,1-3H3. The maximum atomic E-state index is 12.5. The smallest absolute Gasteiger partial charge is 0.340 e. The third-order valence-electron chi connectivity index (χ3n) is 4.59. The number of nitrogens with zero attached hydrogens (tertiary/aromatic N) is 3. The van der Waals surface area contributed by atoms with E-state index in [4.69, 9.17) is 9.47 Å². The van der Waals surface area contributed by atoms with E-state index < -0.39 is 5.97 Å². The van der Waals surface area contributed by atoms with Crippen LogP contribution >= 0.6 is 11.8 Å². The zero-order valence-corrected chi connectivity index (χ0v) is 17.7. The zero-order valence-electron chi connectivity index (χ0n) is 16.9. The fourth-order valence-corrected chi connectivity index (χ4v) is 3.94. The van der Waals surface area contributed by atoms with Gasteiger partial charge >= 0.3 is 11.9 Å². The van der Waals surface area contributed by atoms with Crippen molar-refractivity contribution in [1.29, 1.82) is 5.26 Å². The van der Waals surface area contributed by atoms with Crippen molar-refractivity contribution in [2.24, 2.45) is 5.92 Å². The summed E-state index contributed by atoms with van der Waals surface area (Å²) in [4.78, 5) is 42.3. The van der Waals surface area contributed by atoms with Crippen molar-refractivity contribution in [3.05, 3.63) is 22.9 Å². The molecule has 1 aromatic heterocycles. The third kappa shape index (κ3) is 5.94. The summed E-state index contributed by atoms with van der Waals surface area (Å²) in [6.07, 6.45) is 1.18. The lowest BCUT2D eigenvalue weighted by Gasteiger charge is -2.30. The van der Waals surface area contributed by atoms with Gasteiger partial charge in [-0.05, 0) is 39.7 Å². The van der Waals surface area contributed by atoms with Crippen LogP contribution in [0.5, 0.6) is 0 Å². The molecule has 0 bridgehead atoms. The minimum atomic E-state index is -0.522. The Kier molecular flexibility index (Phi) is 8.46. The summed E-state index contributed by atoms with van der Waals surface area (Å²) >= 11 is 1.17. The van der Waals surface area contributed by atoms with E-state index in [-0.39, 0.29) is 41.3 Å². The van der Waals surface area contributed by atoms with Crippen molar-refractivity contribution >= 4 is 29.6 Å². The molecule has 2 heterocycles. The quantitative estimate of drug-likeness (QED) is 0.489. The number of piperidine rings is 1. The van der Waals surface area contributed by atoms with Gasteiger partial charge in [0.05, 0.1) is 41.7 Å². The number of esters is 2. The number of likely N-dealkylation sites (tertiary alicyclic amines) is 1. The number of aryl methyl sites for hydroxylation is 1. The Hall–Kier alpha value is -2.60. The highest BCUT2D eigenvalue weighted by Gasteiger charge is 2.28. The first-order valence-corrected chi connectivity index (χ1v) is 10.6. The van der Waals surface area contributed by atoms with Crippen molar-refractivity contribution in [2.45, 2.75) is 38.6 Å². The summed E-state index contributed by atoms with van der Waals surface area (Å²) in [6.45, 7) is 6.74. The Balaban J connectivity index is 1.97. The molecule has 156 valence electrons. The van der Waals surface area contributed by atoms with E-state index in [0.717, 1.165) is 0 Å². The molecule has 29 heavy (non-hydrogen) atoms. The molecule has 0 unspecified atom stereocenters. The number of amides is 1. The molecular weight excluding hydrogens is 394 g/mol. The Morgan fingerprint density at radius 2 is 1.90 bits per heavy atom. The highest BCUT2D eigenvalue weighted by molar-refractivity contribution is 8.00. The molecule has 0 aromatic carbocycles. The molecule has 1 saturated heterocycles. The molecule has 0 spiro atoms. The molecule has 8 nitrogen and oxygen atoms in total. The normalized spacial score (nSPS) is 14.2. The van der Waals surface area contributed by atoms with Gasteiger partial charge in [0.15, 0.2) is 0 Å². The Bertz CT molecular complexity index is 813. The van der Waals surface area contributed by atoms with Gasteiger partial charge in [-0.3, -0.25) is 9.59 Å². The molecule has 0 aliphatic carbocycles. The molecule has 2 rings (SSSR count). The highest BCUT2D eigenvalue weighted by Crippen LogP contribution is 2.25. The first-order chi connectivity index (χ1) is 13.9. The van der Waals surface area contributed by atoms with Gasteiger partial charge in [-0.15, -0.1) is 0 Å². The van der Waals surface area contributed by atoms with Crippen LogP contribution < -0.4 is 0 Å². The largest absolute Gasteiger partial charge is 0.466 e. The molecule has 0 N–H and O–H groups in total. The third-order valence-corrected chi connectivity index (χ3v) is 5.57. The first kappa shape index (κ1) is 22.7. The molecule has 0 atom stereocenters. The summed E-state index contributed by atoms with van der Waals surface area (Å²) in [6, 6.07) is 3.48. The number of carbonyl (C=O) groups excluding carboxylic acids is 3. The number of pyridine rings is 1. The zero-order chi connectivity index (χ0) is 21.4. The topological polar surface area (TPSA) is 110 Å². The minimum absolute atomic E-state index is 0.0740. The second-order valence-corrected chi connectivity index (χ2v) is 7.47. The van der Waals surface area contributed by atoms with Crippen LogP contribution in [-0.4, -0.2) is 59.8 Å². The number of thioether (sulfide) groups is 1. The van der Waals surface area contributed by atoms with Crippen LogP contribution in [0.15, 0.2) is 11.1 Å². The lowest BCUT2D eigenvalue weighted by molar-refractivity contribution is -0.151. The molecule has 1 aliphatic rings. The van der Waals surface area contributed by atoms with E-state index >= 15 is 0 Å². The highest BCUT2D eigenvalue weighted by atomic mass is 32.2. The number of ether oxygens (including phenoxy) is 2. The van der Waals surface area contributed by atoms with Crippen molar-refractivity contribution < 1.29 is 23.9 Å². The summed E-state index contributed by atoms with van der Waals surface area (Å²) < 4.78 is 10.0. The van der Waals surface area contributed by atoms with Gasteiger partial charge in [0.1, 0.15) is 11.1 Å². The van der Waals surface area contributed by atoms with Gasteiger partial charge < -0.3 is 14.4 Å². The summed E-state index contributed by atoms with van der Waals surface area (Å²) in [5.41, 5.74) is 0.935. The van der Waals surface area contributed by atoms with Gasteiger partial charge in [0.2, 0.25) is 5.91 Å². The van der Waals surface area contributed by atoms with Crippen molar-refractivity contribution in [3.8, 4) is 6.07 Å². The van der Waals surface area contributed by atoms with Gasteiger partial charge in [0.25, 0.3) is 0 Å². The Morgan fingerprint density at radius 1 is 1.24 bits per heavy atom. The van der Waals surface area contributed by atoms with Gasteiger partial charge in [0, 0.05) is 13.1 Å². The van der Waals surface area contributed by atoms with Crippen LogP contribution in [0.4, 0.5) is 0 Å². The van der Waals surface area contributed by atoms with Gasteiger partial charge in [-0.2, -0.15) is 5.26 Å². The van der Waals surface area contributed by atoms with Crippen LogP contribution in [-0.2, 0) is 19.1 Å². The fraction of sp³-hybridized carbons (Fsp3) is 0.550. The lowest BCUT2D eigenvalue weighted by atomic mass is 9.97. The fourth-order valence-electron chi connectivity index (χ4n) is 3.03. The average molecular weight is 420 g/mol. The summed E-state index contributed by atoms with van der Waals surface area (Å²) in [5.74, 6) is -0.823. The molecule has 1 amide bonds. The predicted molar refractivity (Wildman–Crippen MR) is 106 cm³/mol. The number of rotatable bonds is 7. The molecule has 1 fully saturated rings. The number of aromatic nitrogens is 1. The van der Waals surface area contributed by atoms with E-state index in [1.54, 1.807) is 25.7 Å². The second kappa shape index (κ2) is 10.8. The van der Waals surface area contributed by atoms with Gasteiger partial charge in [-0.1, -0.05) is 11.8 Å². The molecular formula is C20H25N3O5S. The summed E-state index contributed by atoms with van der Waals surface area (Å²) in [5, 5.41) is 9.80.